The summed E-state index contributed by atoms with van der Waals surface area (Å²) in [6, 6.07) is 13.0. The zero-order chi connectivity index (χ0) is 19.8. The minimum Gasteiger partial charge on any atom is -0.391 e. The summed E-state index contributed by atoms with van der Waals surface area (Å²) in [5, 5.41) is 15.4. The second kappa shape index (κ2) is 8.05. The summed E-state index contributed by atoms with van der Waals surface area (Å²) >= 11 is 5.17. The zero-order valence-electron chi connectivity index (χ0n) is 16.0. The molecule has 2 unspecified atom stereocenters. The molecule has 1 saturated carbocycles. The number of alkyl halides is 1. The van der Waals surface area contributed by atoms with Gasteiger partial charge in [-0.1, -0.05) is 52.2 Å². The number of anilines is 1. The molecule has 2 atom stereocenters. The molecular formula is C22H23BrN4OS. The third kappa shape index (κ3) is 3.91. The monoisotopic (exact) mass is 470 g/mol. The lowest BCUT2D eigenvalue weighted by molar-refractivity contribution is 0.116. The van der Waals surface area contributed by atoms with Crippen LogP contribution >= 0.6 is 27.3 Å². The number of aliphatic hydroxyl groups excluding tert-OH is 1. The first-order valence-electron chi connectivity index (χ1n) is 10.0. The molecule has 1 aliphatic rings. The molecule has 150 valence electrons. The van der Waals surface area contributed by atoms with Crippen LogP contribution in [-0.4, -0.2) is 31.8 Å². The highest BCUT2D eigenvalue weighted by Crippen LogP contribution is 2.30. The van der Waals surface area contributed by atoms with Gasteiger partial charge in [-0.2, -0.15) is 0 Å². The fourth-order valence-corrected chi connectivity index (χ4v) is 5.42. The maximum atomic E-state index is 10.2. The Hall–Kier alpha value is -1.96. The Morgan fingerprint density at radius 3 is 2.83 bits per heavy atom. The van der Waals surface area contributed by atoms with Gasteiger partial charge in [-0.3, -0.25) is 0 Å². The molecule has 0 aliphatic heterocycles. The first-order chi connectivity index (χ1) is 14.2. The van der Waals surface area contributed by atoms with E-state index in [2.05, 4.69) is 67.2 Å². The average molecular weight is 471 g/mol. The standard InChI is InChI=1S/C22H23BrN4OS/c23-11-14-6-8-19-18(9-14)24-13-27(19)12-15-5-7-17-21(10-15)29-22(26-17)25-16-3-1-2-4-20(16)28/h5-10,13,16,20,28H,1-4,11-12H2,(H,25,26). The summed E-state index contributed by atoms with van der Waals surface area (Å²) in [4.78, 5) is 9.28. The number of nitrogens with one attached hydrogen (secondary N) is 1. The van der Waals surface area contributed by atoms with Crippen molar-refractivity contribution in [1.82, 2.24) is 14.5 Å². The van der Waals surface area contributed by atoms with Crippen molar-refractivity contribution in [3.8, 4) is 0 Å². The van der Waals surface area contributed by atoms with Crippen LogP contribution in [0.3, 0.4) is 0 Å². The highest BCUT2D eigenvalue weighted by atomic mass is 79.9. The summed E-state index contributed by atoms with van der Waals surface area (Å²) in [5.74, 6) is 0. The molecule has 29 heavy (non-hydrogen) atoms. The number of hydrogen-bond acceptors (Lipinski definition) is 5. The molecule has 1 fully saturated rings. The molecule has 1 aliphatic carbocycles. The predicted octanol–water partition coefficient (Wildman–Crippen LogP) is 5.30. The third-order valence-corrected chi connectivity index (χ3v) is 7.28. The molecule has 4 aromatic rings. The average Bonchev–Trinajstić information content (AvgIpc) is 3.32. The van der Waals surface area contributed by atoms with Crippen molar-refractivity contribution < 1.29 is 5.11 Å². The van der Waals surface area contributed by atoms with E-state index >= 15 is 0 Å². The second-order valence-electron chi connectivity index (χ2n) is 7.75. The Morgan fingerprint density at radius 1 is 1.10 bits per heavy atom. The van der Waals surface area contributed by atoms with Gasteiger partial charge >= 0.3 is 0 Å². The first kappa shape index (κ1) is 19.0. The molecular weight excluding hydrogens is 448 g/mol. The molecule has 2 aromatic heterocycles. The first-order valence-corrected chi connectivity index (χ1v) is 12.0. The molecule has 0 amide bonds. The number of fused-ring (bicyclic) bond motifs is 2. The van der Waals surface area contributed by atoms with E-state index in [0.29, 0.717) is 0 Å². The van der Waals surface area contributed by atoms with Crippen LogP contribution in [0, 0.1) is 0 Å². The maximum Gasteiger partial charge on any atom is 0.184 e. The zero-order valence-corrected chi connectivity index (χ0v) is 18.4. The summed E-state index contributed by atoms with van der Waals surface area (Å²) in [5.41, 5.74) is 5.64. The van der Waals surface area contributed by atoms with Gasteiger partial charge in [0.2, 0.25) is 0 Å². The third-order valence-electron chi connectivity index (χ3n) is 5.68. The summed E-state index contributed by atoms with van der Waals surface area (Å²) < 4.78 is 3.36. The number of aromatic nitrogens is 3. The fourth-order valence-electron chi connectivity index (χ4n) is 4.08. The van der Waals surface area contributed by atoms with E-state index in [4.69, 9.17) is 4.98 Å². The lowest BCUT2D eigenvalue weighted by Crippen LogP contribution is -2.36. The van der Waals surface area contributed by atoms with Crippen molar-refractivity contribution in [2.75, 3.05) is 5.32 Å². The number of imidazole rings is 1. The molecule has 2 heterocycles. The maximum absolute atomic E-state index is 10.2. The van der Waals surface area contributed by atoms with Gasteiger partial charge in [0, 0.05) is 11.9 Å². The van der Waals surface area contributed by atoms with Crippen LogP contribution < -0.4 is 5.32 Å². The van der Waals surface area contributed by atoms with Gasteiger partial charge in [0.25, 0.3) is 0 Å². The van der Waals surface area contributed by atoms with Crippen molar-refractivity contribution >= 4 is 53.6 Å². The normalized spacial score (nSPS) is 19.8. The van der Waals surface area contributed by atoms with Gasteiger partial charge < -0.3 is 15.0 Å². The van der Waals surface area contributed by atoms with Crippen LogP contribution in [0.4, 0.5) is 5.13 Å². The van der Waals surface area contributed by atoms with E-state index in [1.807, 2.05) is 6.33 Å². The minimum absolute atomic E-state index is 0.116. The number of thiazole rings is 1. The number of hydrogen-bond donors (Lipinski definition) is 2. The van der Waals surface area contributed by atoms with Gasteiger partial charge in [0.1, 0.15) is 0 Å². The van der Waals surface area contributed by atoms with Crippen LogP contribution in [0.5, 0.6) is 0 Å². The van der Waals surface area contributed by atoms with Gasteiger partial charge in [0.15, 0.2) is 5.13 Å². The Bertz CT molecular complexity index is 1150. The van der Waals surface area contributed by atoms with E-state index in [1.165, 1.54) is 22.2 Å². The molecule has 2 aromatic carbocycles. The molecule has 5 rings (SSSR count). The van der Waals surface area contributed by atoms with Crippen molar-refractivity contribution in [1.29, 1.82) is 0 Å². The molecule has 0 spiro atoms. The van der Waals surface area contributed by atoms with E-state index < -0.39 is 0 Å². The number of rotatable bonds is 5. The van der Waals surface area contributed by atoms with Crippen molar-refractivity contribution in [2.24, 2.45) is 0 Å². The van der Waals surface area contributed by atoms with E-state index in [1.54, 1.807) is 11.3 Å². The van der Waals surface area contributed by atoms with Crippen molar-refractivity contribution in [2.45, 2.75) is 49.7 Å². The summed E-state index contributed by atoms with van der Waals surface area (Å²) in [6.07, 6.45) is 5.81. The Labute approximate surface area is 181 Å². The lowest BCUT2D eigenvalue weighted by atomic mass is 9.93. The van der Waals surface area contributed by atoms with E-state index in [-0.39, 0.29) is 12.1 Å². The Kier molecular flexibility index (Phi) is 5.28. The van der Waals surface area contributed by atoms with Crippen molar-refractivity contribution in [3.05, 3.63) is 53.9 Å². The molecule has 0 saturated heterocycles. The summed E-state index contributed by atoms with van der Waals surface area (Å²) in [6.45, 7) is 0.780. The van der Waals surface area contributed by atoms with Crippen LogP contribution in [-0.2, 0) is 11.9 Å². The van der Waals surface area contributed by atoms with Crippen molar-refractivity contribution in [3.63, 3.8) is 0 Å². The quantitative estimate of drug-likeness (QED) is 0.388. The SMILES string of the molecule is OC1CCCCC1Nc1nc2ccc(Cn3cnc4cc(CBr)ccc43)cc2s1. The number of halogens is 1. The topological polar surface area (TPSA) is 63.0 Å². The lowest BCUT2D eigenvalue weighted by Gasteiger charge is -2.27. The Balaban J connectivity index is 1.37. The largest absolute Gasteiger partial charge is 0.391 e. The van der Waals surface area contributed by atoms with Crippen LogP contribution in [0.15, 0.2) is 42.7 Å². The highest BCUT2D eigenvalue weighted by molar-refractivity contribution is 9.08. The molecule has 5 nitrogen and oxygen atoms in total. The number of benzene rings is 2. The van der Waals surface area contributed by atoms with E-state index in [9.17, 15) is 5.11 Å². The number of nitrogens with zero attached hydrogens (tertiary/aromatic N) is 3. The van der Waals surface area contributed by atoms with Crippen LogP contribution in [0.25, 0.3) is 21.3 Å². The van der Waals surface area contributed by atoms with E-state index in [0.717, 1.165) is 52.8 Å². The molecule has 2 N–H and O–H groups in total. The smallest absolute Gasteiger partial charge is 0.184 e. The fraction of sp³-hybridized carbons (Fsp3) is 0.364. The van der Waals surface area contributed by atoms with Gasteiger partial charge in [0.05, 0.1) is 39.7 Å². The highest BCUT2D eigenvalue weighted by Gasteiger charge is 2.23. The van der Waals surface area contributed by atoms with Crippen LogP contribution in [0.1, 0.15) is 36.8 Å². The molecule has 0 bridgehead atoms. The van der Waals surface area contributed by atoms with Gasteiger partial charge in [-0.05, 0) is 48.2 Å². The predicted molar refractivity (Wildman–Crippen MR) is 123 cm³/mol. The number of aliphatic hydroxyl groups is 1. The Morgan fingerprint density at radius 2 is 1.97 bits per heavy atom. The summed E-state index contributed by atoms with van der Waals surface area (Å²) in [7, 11) is 0. The molecule has 7 heteroatoms. The molecule has 0 radical (unpaired) electrons. The van der Waals surface area contributed by atoms with Gasteiger partial charge in [-0.15, -0.1) is 0 Å². The second-order valence-corrected chi connectivity index (χ2v) is 9.34. The van der Waals surface area contributed by atoms with Crippen LogP contribution in [0.2, 0.25) is 0 Å². The van der Waals surface area contributed by atoms with Gasteiger partial charge in [-0.25, -0.2) is 9.97 Å². The minimum atomic E-state index is -0.272.